The number of hydrazine groups is 1. The summed E-state index contributed by atoms with van der Waals surface area (Å²) in [5, 5.41) is 0. The number of amides is 2. The predicted molar refractivity (Wildman–Crippen MR) is 127 cm³/mol. The fourth-order valence-electron chi connectivity index (χ4n) is 2.88. The Morgan fingerprint density at radius 3 is 2.06 bits per heavy atom. The van der Waals surface area contributed by atoms with Gasteiger partial charge in [0.05, 0.1) is 18.6 Å². The fraction of sp³-hybridized carbons (Fsp3) is 0.167. The van der Waals surface area contributed by atoms with Gasteiger partial charge in [-0.3, -0.25) is 25.2 Å². The topological polar surface area (TPSA) is 123 Å². The number of carbonyl (C=O) groups excluding carboxylic acids is 2. The maximum Gasteiger partial charge on any atom is 0.269 e. The minimum Gasteiger partial charge on any atom is -0.497 e. The number of nitrogens with one attached hydrogen (secondary N) is 3. The van der Waals surface area contributed by atoms with Gasteiger partial charge >= 0.3 is 0 Å². The van der Waals surface area contributed by atoms with Gasteiger partial charge < -0.3 is 9.47 Å². The summed E-state index contributed by atoms with van der Waals surface area (Å²) in [6.45, 7) is 2.50. The molecule has 3 aromatic rings. The molecule has 10 heteroatoms. The lowest BCUT2D eigenvalue weighted by Crippen LogP contribution is -2.41. The molecule has 0 aliphatic carbocycles. The lowest BCUT2D eigenvalue weighted by Gasteiger charge is -2.11. The number of benzene rings is 3. The Morgan fingerprint density at radius 1 is 0.824 bits per heavy atom. The summed E-state index contributed by atoms with van der Waals surface area (Å²) in [5.74, 6) is -0.0829. The Kier molecular flexibility index (Phi) is 8.10. The van der Waals surface area contributed by atoms with Crippen molar-refractivity contribution in [2.24, 2.45) is 0 Å². The molecule has 0 radical (unpaired) electrons. The Labute approximate surface area is 198 Å². The number of carbonyl (C=O) groups is 2. The van der Waals surface area contributed by atoms with Crippen LogP contribution in [0.4, 0.5) is 5.69 Å². The van der Waals surface area contributed by atoms with Gasteiger partial charge in [0, 0.05) is 16.8 Å². The first-order valence-corrected chi connectivity index (χ1v) is 11.9. The second kappa shape index (κ2) is 11.2. The van der Waals surface area contributed by atoms with Crippen LogP contribution in [0.3, 0.4) is 0 Å². The number of rotatable bonds is 9. The zero-order chi connectivity index (χ0) is 24.6. The molecule has 0 spiro atoms. The Balaban J connectivity index is 1.65. The van der Waals surface area contributed by atoms with Crippen LogP contribution in [0.2, 0.25) is 0 Å². The van der Waals surface area contributed by atoms with E-state index in [1.807, 2.05) is 6.92 Å². The molecule has 0 atom stereocenters. The Morgan fingerprint density at radius 2 is 1.44 bits per heavy atom. The highest BCUT2D eigenvalue weighted by molar-refractivity contribution is 7.92. The van der Waals surface area contributed by atoms with Crippen LogP contribution in [-0.2, 0) is 10.0 Å². The van der Waals surface area contributed by atoms with Crippen molar-refractivity contribution < 1.29 is 27.5 Å². The third-order valence-electron chi connectivity index (χ3n) is 4.61. The lowest BCUT2D eigenvalue weighted by atomic mass is 10.2. The SMILES string of the molecule is CCCOc1cccc(C(=O)NNC(=O)c2cccc(S(=O)(=O)Nc3ccc(OC)cc3)c2)c1. The van der Waals surface area contributed by atoms with Crippen LogP contribution in [0.15, 0.2) is 77.7 Å². The van der Waals surface area contributed by atoms with E-state index in [0.717, 1.165) is 6.42 Å². The zero-order valence-corrected chi connectivity index (χ0v) is 19.5. The first-order valence-electron chi connectivity index (χ1n) is 10.4. The number of sulfonamides is 1. The number of hydrogen-bond acceptors (Lipinski definition) is 6. The average molecular weight is 484 g/mol. The molecule has 0 bridgehead atoms. The van der Waals surface area contributed by atoms with Crippen molar-refractivity contribution in [2.45, 2.75) is 18.2 Å². The summed E-state index contributed by atoms with van der Waals surface area (Å²) in [4.78, 5) is 24.8. The molecule has 2 amide bonds. The molecule has 0 fully saturated rings. The van der Waals surface area contributed by atoms with Crippen molar-refractivity contribution in [3.63, 3.8) is 0 Å². The molecular formula is C24H25N3O6S. The molecule has 0 aliphatic heterocycles. The minimum atomic E-state index is -3.95. The summed E-state index contributed by atoms with van der Waals surface area (Å²) < 4.78 is 38.5. The van der Waals surface area contributed by atoms with Crippen molar-refractivity contribution in [2.75, 3.05) is 18.4 Å². The second-order valence-electron chi connectivity index (χ2n) is 7.15. The van der Waals surface area contributed by atoms with Gasteiger partial charge in [-0.1, -0.05) is 19.1 Å². The maximum atomic E-state index is 12.7. The number of anilines is 1. The predicted octanol–water partition coefficient (Wildman–Crippen LogP) is 3.36. The van der Waals surface area contributed by atoms with Crippen molar-refractivity contribution in [3.8, 4) is 11.5 Å². The highest BCUT2D eigenvalue weighted by Gasteiger charge is 2.17. The molecule has 0 unspecified atom stereocenters. The van der Waals surface area contributed by atoms with Gasteiger partial charge in [0.1, 0.15) is 11.5 Å². The standard InChI is InChI=1S/C24H25N3O6S/c1-3-14-33-21-8-4-6-17(15-21)23(28)25-26-24(29)18-7-5-9-22(16-18)34(30,31)27-19-10-12-20(32-2)13-11-19/h4-13,15-16,27H,3,14H2,1-2H3,(H,25,28)(H,26,29). The first kappa shape index (κ1) is 24.6. The van der Waals surface area contributed by atoms with Crippen LogP contribution in [0.25, 0.3) is 0 Å². The summed E-state index contributed by atoms with van der Waals surface area (Å²) in [5.41, 5.74) is 5.31. The van der Waals surface area contributed by atoms with E-state index in [1.165, 1.54) is 31.4 Å². The third-order valence-corrected chi connectivity index (χ3v) is 5.99. The monoisotopic (exact) mass is 483 g/mol. The van der Waals surface area contributed by atoms with E-state index in [0.29, 0.717) is 29.4 Å². The molecule has 0 saturated carbocycles. The third kappa shape index (κ3) is 6.48. The molecule has 34 heavy (non-hydrogen) atoms. The van der Waals surface area contributed by atoms with Crippen molar-refractivity contribution in [3.05, 3.63) is 83.9 Å². The van der Waals surface area contributed by atoms with E-state index < -0.39 is 21.8 Å². The largest absolute Gasteiger partial charge is 0.497 e. The van der Waals surface area contributed by atoms with Gasteiger partial charge in [-0.2, -0.15) is 0 Å². The van der Waals surface area contributed by atoms with Gasteiger partial charge in [-0.25, -0.2) is 8.42 Å². The van der Waals surface area contributed by atoms with Gasteiger partial charge in [-0.05, 0) is 67.1 Å². The van der Waals surface area contributed by atoms with Crippen LogP contribution in [0.1, 0.15) is 34.1 Å². The molecule has 0 aliphatic rings. The van der Waals surface area contributed by atoms with Gasteiger partial charge in [0.25, 0.3) is 21.8 Å². The van der Waals surface area contributed by atoms with E-state index in [4.69, 9.17) is 9.47 Å². The number of methoxy groups -OCH3 is 1. The molecule has 9 nitrogen and oxygen atoms in total. The fourth-order valence-corrected chi connectivity index (χ4v) is 3.99. The van der Waals surface area contributed by atoms with Crippen LogP contribution in [0.5, 0.6) is 11.5 Å². The van der Waals surface area contributed by atoms with Gasteiger partial charge in [0.15, 0.2) is 0 Å². The molecule has 178 valence electrons. The highest BCUT2D eigenvalue weighted by Crippen LogP contribution is 2.20. The van der Waals surface area contributed by atoms with E-state index in [9.17, 15) is 18.0 Å². The lowest BCUT2D eigenvalue weighted by molar-refractivity contribution is 0.0846. The minimum absolute atomic E-state index is 0.0536. The van der Waals surface area contributed by atoms with Crippen LogP contribution in [-0.4, -0.2) is 33.9 Å². The number of hydrogen-bond donors (Lipinski definition) is 3. The van der Waals surface area contributed by atoms with Gasteiger partial charge in [0.2, 0.25) is 0 Å². The van der Waals surface area contributed by atoms with Crippen LogP contribution in [0, 0.1) is 0 Å². The van der Waals surface area contributed by atoms with Crippen LogP contribution >= 0.6 is 0 Å². The normalized spacial score (nSPS) is 10.8. The van der Waals surface area contributed by atoms with Gasteiger partial charge in [-0.15, -0.1) is 0 Å². The Hall–Kier alpha value is -4.05. The smallest absolute Gasteiger partial charge is 0.269 e. The highest BCUT2D eigenvalue weighted by atomic mass is 32.2. The Bertz CT molecular complexity index is 1260. The van der Waals surface area contributed by atoms with Crippen molar-refractivity contribution in [1.82, 2.24) is 10.9 Å². The molecule has 0 saturated heterocycles. The first-order chi connectivity index (χ1) is 16.3. The van der Waals surface area contributed by atoms with E-state index in [1.54, 1.807) is 48.5 Å². The number of ether oxygens (including phenoxy) is 2. The molecule has 0 aromatic heterocycles. The quantitative estimate of drug-likeness (QED) is 0.401. The van der Waals surface area contributed by atoms with Crippen molar-refractivity contribution >= 4 is 27.5 Å². The molecule has 3 aromatic carbocycles. The summed E-state index contributed by atoms with van der Waals surface area (Å²) in [6, 6.07) is 18.4. The maximum absolute atomic E-state index is 12.7. The van der Waals surface area contributed by atoms with E-state index in [-0.39, 0.29) is 10.5 Å². The second-order valence-corrected chi connectivity index (χ2v) is 8.83. The van der Waals surface area contributed by atoms with Crippen molar-refractivity contribution in [1.29, 1.82) is 0 Å². The zero-order valence-electron chi connectivity index (χ0n) is 18.7. The summed E-state index contributed by atoms with van der Waals surface area (Å²) >= 11 is 0. The van der Waals surface area contributed by atoms with E-state index >= 15 is 0 Å². The molecule has 3 rings (SSSR count). The average Bonchev–Trinajstić information content (AvgIpc) is 2.86. The van der Waals surface area contributed by atoms with Crippen LogP contribution < -0.4 is 25.0 Å². The molecule has 3 N–H and O–H groups in total. The summed E-state index contributed by atoms with van der Waals surface area (Å²) in [6.07, 6.45) is 0.830. The molecule has 0 heterocycles. The molecular weight excluding hydrogens is 458 g/mol. The summed E-state index contributed by atoms with van der Waals surface area (Å²) in [7, 11) is -2.44. The van der Waals surface area contributed by atoms with E-state index in [2.05, 4.69) is 15.6 Å².